The van der Waals surface area contributed by atoms with E-state index in [0.29, 0.717) is 24.5 Å². The van der Waals surface area contributed by atoms with Gasteiger partial charge >= 0.3 is 0 Å². The van der Waals surface area contributed by atoms with Gasteiger partial charge in [-0.1, -0.05) is 0 Å². The molecule has 1 fully saturated rings. The number of hydrogen-bond donors (Lipinski definition) is 1. The van der Waals surface area contributed by atoms with E-state index in [0.717, 1.165) is 12.8 Å². The Bertz CT molecular complexity index is 453. The lowest BCUT2D eigenvalue weighted by molar-refractivity contribution is -0.126. The van der Waals surface area contributed by atoms with Gasteiger partial charge in [-0.15, -0.1) is 0 Å². The van der Waals surface area contributed by atoms with E-state index in [-0.39, 0.29) is 17.9 Å². The van der Waals surface area contributed by atoms with Crippen LogP contribution in [-0.2, 0) is 4.79 Å². The lowest BCUT2D eigenvalue weighted by Gasteiger charge is -2.33. The molecule has 1 saturated heterocycles. The summed E-state index contributed by atoms with van der Waals surface area (Å²) in [7, 11) is 1.59. The van der Waals surface area contributed by atoms with E-state index >= 15 is 0 Å². The molecule has 2 rings (SSSR count). The minimum Gasteiger partial charge on any atom is -0.456 e. The normalized spacial score (nSPS) is 19.7. The maximum absolute atomic E-state index is 12.3. The molecular formula is C13H18N2O3. The van der Waals surface area contributed by atoms with Crippen LogP contribution >= 0.6 is 0 Å². The van der Waals surface area contributed by atoms with Crippen molar-refractivity contribution in [1.29, 1.82) is 0 Å². The molecule has 0 radical (unpaired) electrons. The second-order valence-corrected chi connectivity index (χ2v) is 4.53. The molecule has 2 amide bonds. The van der Waals surface area contributed by atoms with Gasteiger partial charge in [0.25, 0.3) is 5.91 Å². The number of nitrogens with zero attached hydrogens (tertiary/aromatic N) is 1. The molecule has 5 nitrogen and oxygen atoms in total. The quantitative estimate of drug-likeness (QED) is 0.861. The van der Waals surface area contributed by atoms with E-state index in [1.54, 1.807) is 31.0 Å². The molecule has 1 N–H and O–H groups in total. The highest BCUT2D eigenvalue weighted by atomic mass is 16.3. The van der Waals surface area contributed by atoms with Gasteiger partial charge in [0.1, 0.15) is 11.8 Å². The molecule has 1 aromatic heterocycles. The number of aryl methyl sites for hydroxylation is 1. The highest BCUT2D eigenvalue weighted by molar-refractivity contribution is 5.95. The zero-order valence-corrected chi connectivity index (χ0v) is 10.7. The summed E-state index contributed by atoms with van der Waals surface area (Å²) in [6.45, 7) is 2.40. The van der Waals surface area contributed by atoms with Gasteiger partial charge in [0.05, 0.1) is 0 Å². The van der Waals surface area contributed by atoms with E-state index in [2.05, 4.69) is 5.32 Å². The SMILES string of the molecule is CNC(=O)[C@@H]1CCCCN1C(=O)c1ccc(C)o1. The van der Waals surface area contributed by atoms with Gasteiger partial charge < -0.3 is 14.6 Å². The highest BCUT2D eigenvalue weighted by Crippen LogP contribution is 2.20. The number of carbonyl (C=O) groups is 2. The standard InChI is InChI=1S/C13H18N2O3/c1-9-6-7-11(18-9)13(17)15-8-4-3-5-10(15)12(16)14-2/h6-7,10H,3-5,8H2,1-2H3,(H,14,16)/t10-/m0/s1. The summed E-state index contributed by atoms with van der Waals surface area (Å²) < 4.78 is 5.34. The Hall–Kier alpha value is -1.78. The fourth-order valence-corrected chi connectivity index (χ4v) is 2.30. The molecule has 0 saturated carbocycles. The summed E-state index contributed by atoms with van der Waals surface area (Å²) in [5.74, 6) is 0.706. The molecule has 0 aliphatic carbocycles. The molecule has 0 unspecified atom stereocenters. The molecule has 0 aromatic carbocycles. The molecule has 98 valence electrons. The summed E-state index contributed by atoms with van der Waals surface area (Å²) >= 11 is 0. The Kier molecular flexibility index (Phi) is 3.69. The van der Waals surface area contributed by atoms with E-state index in [1.165, 1.54) is 0 Å². The van der Waals surface area contributed by atoms with Gasteiger partial charge in [-0.3, -0.25) is 9.59 Å². The second-order valence-electron chi connectivity index (χ2n) is 4.53. The number of piperidine rings is 1. The summed E-state index contributed by atoms with van der Waals surface area (Å²) in [5.41, 5.74) is 0. The van der Waals surface area contributed by atoms with Crippen LogP contribution in [0.1, 0.15) is 35.6 Å². The van der Waals surface area contributed by atoms with Gasteiger partial charge in [-0.05, 0) is 38.3 Å². The third-order valence-corrected chi connectivity index (χ3v) is 3.26. The first-order valence-electron chi connectivity index (χ1n) is 6.22. The zero-order valence-electron chi connectivity index (χ0n) is 10.7. The first-order valence-corrected chi connectivity index (χ1v) is 6.22. The second kappa shape index (κ2) is 5.25. The Balaban J connectivity index is 2.18. The van der Waals surface area contributed by atoms with Crippen LogP contribution in [0.5, 0.6) is 0 Å². The summed E-state index contributed by atoms with van der Waals surface area (Å²) in [5, 5.41) is 2.61. The Morgan fingerprint density at radius 1 is 1.39 bits per heavy atom. The fraction of sp³-hybridized carbons (Fsp3) is 0.538. The molecule has 0 spiro atoms. The molecule has 0 bridgehead atoms. The van der Waals surface area contributed by atoms with Crippen LogP contribution in [0.15, 0.2) is 16.5 Å². The molecule has 1 atom stereocenters. The fourth-order valence-electron chi connectivity index (χ4n) is 2.30. The van der Waals surface area contributed by atoms with Crippen molar-refractivity contribution >= 4 is 11.8 Å². The zero-order chi connectivity index (χ0) is 13.1. The molecule has 1 aliphatic heterocycles. The Morgan fingerprint density at radius 3 is 2.78 bits per heavy atom. The minimum atomic E-state index is -0.373. The van der Waals surface area contributed by atoms with Crippen molar-refractivity contribution in [2.75, 3.05) is 13.6 Å². The number of rotatable bonds is 2. The van der Waals surface area contributed by atoms with Crippen molar-refractivity contribution < 1.29 is 14.0 Å². The van der Waals surface area contributed by atoms with Crippen LogP contribution in [0.25, 0.3) is 0 Å². The van der Waals surface area contributed by atoms with E-state index in [4.69, 9.17) is 4.42 Å². The van der Waals surface area contributed by atoms with Gasteiger partial charge in [-0.25, -0.2) is 0 Å². The number of carbonyl (C=O) groups excluding carboxylic acids is 2. The smallest absolute Gasteiger partial charge is 0.290 e. The van der Waals surface area contributed by atoms with Crippen molar-refractivity contribution in [2.24, 2.45) is 0 Å². The van der Waals surface area contributed by atoms with Crippen molar-refractivity contribution in [1.82, 2.24) is 10.2 Å². The summed E-state index contributed by atoms with van der Waals surface area (Å²) in [6.07, 6.45) is 2.61. The molecule has 2 heterocycles. The van der Waals surface area contributed by atoms with Crippen LogP contribution in [0.2, 0.25) is 0 Å². The van der Waals surface area contributed by atoms with Crippen molar-refractivity contribution in [2.45, 2.75) is 32.2 Å². The predicted octanol–water partition coefficient (Wildman–Crippen LogP) is 1.33. The van der Waals surface area contributed by atoms with Gasteiger partial charge in [0.15, 0.2) is 5.76 Å². The Morgan fingerprint density at radius 2 is 2.17 bits per heavy atom. The third-order valence-electron chi connectivity index (χ3n) is 3.26. The van der Waals surface area contributed by atoms with Gasteiger partial charge in [0, 0.05) is 13.6 Å². The number of likely N-dealkylation sites (tertiary alicyclic amines) is 1. The van der Waals surface area contributed by atoms with E-state index in [1.807, 2.05) is 0 Å². The predicted molar refractivity (Wildman–Crippen MR) is 66.2 cm³/mol. The average molecular weight is 250 g/mol. The van der Waals surface area contributed by atoms with Crippen LogP contribution < -0.4 is 5.32 Å². The number of nitrogens with one attached hydrogen (secondary N) is 1. The number of furan rings is 1. The number of likely N-dealkylation sites (N-methyl/N-ethyl adjacent to an activating group) is 1. The van der Waals surface area contributed by atoms with Gasteiger partial charge in [-0.2, -0.15) is 0 Å². The summed E-state index contributed by atoms with van der Waals surface area (Å²) in [4.78, 5) is 25.7. The maximum atomic E-state index is 12.3. The molecule has 1 aliphatic rings. The molecule has 18 heavy (non-hydrogen) atoms. The van der Waals surface area contributed by atoms with Crippen molar-refractivity contribution in [3.63, 3.8) is 0 Å². The highest BCUT2D eigenvalue weighted by Gasteiger charge is 2.33. The van der Waals surface area contributed by atoms with Crippen LogP contribution in [0.4, 0.5) is 0 Å². The summed E-state index contributed by atoms with van der Waals surface area (Å²) in [6, 6.07) is 3.04. The molecular weight excluding hydrogens is 232 g/mol. The van der Waals surface area contributed by atoms with Crippen molar-refractivity contribution in [3.05, 3.63) is 23.7 Å². The first-order chi connectivity index (χ1) is 8.63. The van der Waals surface area contributed by atoms with Crippen LogP contribution in [0.3, 0.4) is 0 Å². The average Bonchev–Trinajstić information content (AvgIpc) is 2.83. The number of hydrogen-bond acceptors (Lipinski definition) is 3. The molecule has 1 aromatic rings. The van der Waals surface area contributed by atoms with E-state index < -0.39 is 0 Å². The maximum Gasteiger partial charge on any atom is 0.290 e. The van der Waals surface area contributed by atoms with E-state index in [9.17, 15) is 9.59 Å². The van der Waals surface area contributed by atoms with Crippen molar-refractivity contribution in [3.8, 4) is 0 Å². The molecule has 5 heteroatoms. The lowest BCUT2D eigenvalue weighted by Crippen LogP contribution is -2.51. The number of amides is 2. The third kappa shape index (κ3) is 2.39. The Labute approximate surface area is 106 Å². The largest absolute Gasteiger partial charge is 0.456 e. The topological polar surface area (TPSA) is 62.6 Å². The van der Waals surface area contributed by atoms with Gasteiger partial charge in [0.2, 0.25) is 5.91 Å². The lowest BCUT2D eigenvalue weighted by atomic mass is 10.0. The van der Waals surface area contributed by atoms with Crippen LogP contribution in [-0.4, -0.2) is 36.3 Å². The first kappa shape index (κ1) is 12.7. The monoisotopic (exact) mass is 250 g/mol. The minimum absolute atomic E-state index is 0.105. The van der Waals surface area contributed by atoms with Crippen LogP contribution in [0, 0.1) is 6.92 Å².